The Morgan fingerprint density at radius 2 is 1.84 bits per heavy atom. The Morgan fingerprint density at radius 3 is 2.47 bits per heavy atom. The van der Waals surface area contributed by atoms with Crippen LogP contribution in [0, 0.1) is 5.92 Å². The summed E-state index contributed by atoms with van der Waals surface area (Å²) in [5.41, 5.74) is 2.65. The molecule has 6 unspecified atom stereocenters. The summed E-state index contributed by atoms with van der Waals surface area (Å²) in [5, 5.41) is 5.37. The van der Waals surface area contributed by atoms with E-state index < -0.39 is 54.1 Å². The summed E-state index contributed by atoms with van der Waals surface area (Å²) in [6.07, 6.45) is 0.755. The van der Waals surface area contributed by atoms with Crippen LogP contribution in [0.4, 0.5) is 8.78 Å². The summed E-state index contributed by atoms with van der Waals surface area (Å²) in [5.74, 6) is -2.24. The first kappa shape index (κ1) is 30.2. The summed E-state index contributed by atoms with van der Waals surface area (Å²) in [4.78, 5) is 60.6. The Balaban J connectivity index is 1.64. The lowest BCUT2D eigenvalue weighted by Crippen LogP contribution is -2.57. The van der Waals surface area contributed by atoms with Gasteiger partial charge in [0.05, 0.1) is 12.5 Å². The van der Waals surface area contributed by atoms with E-state index in [9.17, 15) is 28.0 Å². The van der Waals surface area contributed by atoms with Crippen molar-refractivity contribution in [2.75, 3.05) is 20.1 Å². The number of carbonyl (C=O) groups is 4. The molecule has 38 heavy (non-hydrogen) atoms. The highest BCUT2D eigenvalue weighted by molar-refractivity contribution is 5.95. The molecule has 2 heterocycles. The van der Waals surface area contributed by atoms with Gasteiger partial charge in [-0.25, -0.2) is 8.78 Å². The number of hydroxylamine groups is 1. The molecule has 3 aliphatic rings. The SMILES string of the molecule is CC1CC(C(=O)N[C@@H](CC(=O)N2CCCCC2C)C(=O)N(C)[C@@H](C)C(=O)NCC2CCC(F)CC2F)NO1. The van der Waals surface area contributed by atoms with Gasteiger partial charge in [-0.05, 0) is 52.9 Å². The molecular formula is C26H43F2N5O5. The third kappa shape index (κ3) is 7.84. The predicted octanol–water partition coefficient (Wildman–Crippen LogP) is 1.38. The van der Waals surface area contributed by atoms with Crippen molar-refractivity contribution in [2.45, 2.75) is 115 Å². The number of hydrogen-bond donors (Lipinski definition) is 3. The highest BCUT2D eigenvalue weighted by Crippen LogP contribution is 2.28. The van der Waals surface area contributed by atoms with Crippen LogP contribution in [0.1, 0.15) is 72.1 Å². The maximum atomic E-state index is 14.2. The predicted molar refractivity (Wildman–Crippen MR) is 136 cm³/mol. The van der Waals surface area contributed by atoms with E-state index in [0.717, 1.165) is 19.3 Å². The van der Waals surface area contributed by atoms with Crippen molar-refractivity contribution in [3.05, 3.63) is 0 Å². The molecule has 0 spiro atoms. The van der Waals surface area contributed by atoms with Crippen molar-refractivity contribution in [3.63, 3.8) is 0 Å². The van der Waals surface area contributed by atoms with E-state index in [-0.39, 0.29) is 43.9 Å². The van der Waals surface area contributed by atoms with Gasteiger partial charge in [0.15, 0.2) is 0 Å². The molecule has 0 radical (unpaired) electrons. The van der Waals surface area contributed by atoms with E-state index in [2.05, 4.69) is 16.1 Å². The molecule has 216 valence electrons. The molecule has 0 aromatic heterocycles. The minimum atomic E-state index is -1.33. The number of likely N-dealkylation sites (N-methyl/N-ethyl adjacent to an activating group) is 1. The molecule has 12 heteroatoms. The van der Waals surface area contributed by atoms with Crippen LogP contribution in [-0.2, 0) is 24.0 Å². The van der Waals surface area contributed by atoms with Crippen LogP contribution in [0.2, 0.25) is 0 Å². The van der Waals surface area contributed by atoms with Crippen molar-refractivity contribution in [3.8, 4) is 0 Å². The highest BCUT2D eigenvalue weighted by atomic mass is 19.1. The lowest BCUT2D eigenvalue weighted by Gasteiger charge is -2.35. The highest BCUT2D eigenvalue weighted by Gasteiger charge is 2.37. The molecule has 1 aliphatic carbocycles. The van der Waals surface area contributed by atoms with Crippen molar-refractivity contribution in [1.29, 1.82) is 0 Å². The van der Waals surface area contributed by atoms with Gasteiger partial charge in [0.1, 0.15) is 30.5 Å². The summed E-state index contributed by atoms with van der Waals surface area (Å²) in [7, 11) is 1.44. The molecule has 8 atom stereocenters. The molecule has 3 rings (SSSR count). The molecule has 3 fully saturated rings. The van der Waals surface area contributed by atoms with Crippen LogP contribution in [-0.4, -0.2) is 96.2 Å². The zero-order chi connectivity index (χ0) is 28.0. The van der Waals surface area contributed by atoms with Gasteiger partial charge in [-0.2, -0.15) is 5.48 Å². The van der Waals surface area contributed by atoms with Gasteiger partial charge in [0.2, 0.25) is 23.6 Å². The van der Waals surface area contributed by atoms with Crippen molar-refractivity contribution < 1.29 is 32.8 Å². The van der Waals surface area contributed by atoms with Gasteiger partial charge in [0.25, 0.3) is 0 Å². The fourth-order valence-corrected chi connectivity index (χ4v) is 5.37. The zero-order valence-electron chi connectivity index (χ0n) is 22.9. The number of nitrogens with zero attached hydrogens (tertiary/aromatic N) is 2. The summed E-state index contributed by atoms with van der Waals surface area (Å²) >= 11 is 0. The topological polar surface area (TPSA) is 120 Å². The van der Waals surface area contributed by atoms with Gasteiger partial charge in [-0.1, -0.05) is 0 Å². The van der Waals surface area contributed by atoms with Gasteiger partial charge in [-0.3, -0.25) is 24.0 Å². The number of rotatable bonds is 9. The Hall–Kier alpha value is -2.34. The Kier molecular flexibility index (Phi) is 10.8. The monoisotopic (exact) mass is 543 g/mol. The molecule has 0 bridgehead atoms. The normalized spacial score (nSPS) is 31.3. The van der Waals surface area contributed by atoms with E-state index >= 15 is 0 Å². The van der Waals surface area contributed by atoms with E-state index in [4.69, 9.17) is 4.84 Å². The minimum Gasteiger partial charge on any atom is -0.354 e. The van der Waals surface area contributed by atoms with Gasteiger partial charge < -0.3 is 20.4 Å². The summed E-state index contributed by atoms with van der Waals surface area (Å²) in [6.45, 7) is 5.95. The molecule has 3 N–H and O–H groups in total. The van der Waals surface area contributed by atoms with Gasteiger partial charge in [0, 0.05) is 44.9 Å². The molecule has 1 saturated carbocycles. The lowest BCUT2D eigenvalue weighted by molar-refractivity contribution is -0.145. The average Bonchev–Trinajstić information content (AvgIpc) is 3.32. The Bertz CT molecular complexity index is 864. The third-order valence-electron chi connectivity index (χ3n) is 8.10. The number of carbonyl (C=O) groups excluding carboxylic acids is 4. The number of hydrogen-bond acceptors (Lipinski definition) is 6. The lowest BCUT2D eigenvalue weighted by atomic mass is 9.86. The van der Waals surface area contributed by atoms with Crippen molar-refractivity contribution in [1.82, 2.24) is 25.9 Å². The Labute approximate surface area is 223 Å². The first-order valence-electron chi connectivity index (χ1n) is 13.8. The number of halogens is 2. The number of amides is 4. The van der Waals surface area contributed by atoms with Crippen LogP contribution >= 0.6 is 0 Å². The van der Waals surface area contributed by atoms with E-state index in [1.165, 1.54) is 18.9 Å². The number of piperidine rings is 1. The van der Waals surface area contributed by atoms with Crippen LogP contribution in [0.3, 0.4) is 0 Å². The minimum absolute atomic E-state index is 0.0441. The quantitative estimate of drug-likeness (QED) is 0.404. The standard InChI is InChI=1S/C26H43F2N5O5/c1-15-7-5-6-10-33(15)23(34)13-22(30-25(36)21-11-16(2)38-31-21)26(37)32(4)17(3)24(35)29-14-18-8-9-19(27)12-20(18)28/h15-22,31H,5-14H2,1-4H3,(H,29,35)(H,30,36)/t15?,16?,17-,18?,19?,20?,21?,22-/m0/s1. The molecular weight excluding hydrogens is 500 g/mol. The van der Waals surface area contributed by atoms with Crippen molar-refractivity contribution in [2.24, 2.45) is 5.92 Å². The number of nitrogens with one attached hydrogen (secondary N) is 3. The first-order chi connectivity index (χ1) is 18.0. The van der Waals surface area contributed by atoms with E-state index in [0.29, 0.717) is 19.4 Å². The van der Waals surface area contributed by atoms with Crippen LogP contribution in [0.5, 0.6) is 0 Å². The van der Waals surface area contributed by atoms with E-state index in [1.54, 1.807) is 4.90 Å². The van der Waals surface area contributed by atoms with Crippen LogP contribution in [0.25, 0.3) is 0 Å². The summed E-state index contributed by atoms with van der Waals surface area (Å²) < 4.78 is 27.6. The van der Waals surface area contributed by atoms with Crippen LogP contribution in [0.15, 0.2) is 0 Å². The van der Waals surface area contributed by atoms with Crippen molar-refractivity contribution >= 4 is 23.6 Å². The van der Waals surface area contributed by atoms with Gasteiger partial charge >= 0.3 is 0 Å². The fraction of sp³-hybridized carbons (Fsp3) is 0.846. The molecule has 0 aromatic rings. The van der Waals surface area contributed by atoms with E-state index in [1.807, 2.05) is 13.8 Å². The second-order valence-corrected chi connectivity index (χ2v) is 11.1. The first-order valence-corrected chi connectivity index (χ1v) is 13.8. The molecule has 10 nitrogen and oxygen atoms in total. The third-order valence-corrected chi connectivity index (χ3v) is 8.10. The fourth-order valence-electron chi connectivity index (χ4n) is 5.37. The smallest absolute Gasteiger partial charge is 0.246 e. The zero-order valence-corrected chi connectivity index (χ0v) is 22.9. The Morgan fingerprint density at radius 1 is 1.11 bits per heavy atom. The number of alkyl halides is 2. The van der Waals surface area contributed by atoms with Gasteiger partial charge in [-0.15, -0.1) is 0 Å². The number of likely N-dealkylation sites (tertiary alicyclic amines) is 1. The summed E-state index contributed by atoms with van der Waals surface area (Å²) in [6, 6.07) is -2.72. The average molecular weight is 544 g/mol. The van der Waals surface area contributed by atoms with Crippen LogP contribution < -0.4 is 16.1 Å². The largest absolute Gasteiger partial charge is 0.354 e. The molecule has 0 aromatic carbocycles. The molecule has 2 saturated heterocycles. The second-order valence-electron chi connectivity index (χ2n) is 11.1. The second kappa shape index (κ2) is 13.6. The maximum absolute atomic E-state index is 14.2. The maximum Gasteiger partial charge on any atom is 0.246 e. The molecule has 2 aliphatic heterocycles. The molecule has 4 amide bonds.